The maximum atomic E-state index is 12.5. The number of carbonyl (C=O) groups is 3. The van der Waals surface area contributed by atoms with Crippen LogP contribution in [0.15, 0.2) is 30.3 Å². The van der Waals surface area contributed by atoms with Gasteiger partial charge in [0, 0.05) is 0 Å². The summed E-state index contributed by atoms with van der Waals surface area (Å²) in [4.78, 5) is 37.8. The highest BCUT2D eigenvalue weighted by Crippen LogP contribution is 2.34. The molecule has 6 nitrogen and oxygen atoms in total. The van der Waals surface area contributed by atoms with E-state index in [0.717, 1.165) is 23.3 Å². The highest BCUT2D eigenvalue weighted by Gasteiger charge is 2.52. The third-order valence-electron chi connectivity index (χ3n) is 4.68. The van der Waals surface area contributed by atoms with Gasteiger partial charge in [-0.05, 0) is 25.3 Å². The number of nitrogens with one attached hydrogen (secondary N) is 2. The fourth-order valence-corrected chi connectivity index (χ4v) is 3.39. The summed E-state index contributed by atoms with van der Waals surface area (Å²) in [5.74, 6) is -0.595. The first-order valence-electron chi connectivity index (χ1n) is 8.00. The van der Waals surface area contributed by atoms with E-state index in [-0.39, 0.29) is 24.4 Å². The smallest absolute Gasteiger partial charge is 0.325 e. The Labute approximate surface area is 135 Å². The lowest BCUT2D eigenvalue weighted by Crippen LogP contribution is -2.45. The molecule has 6 heteroatoms. The minimum absolute atomic E-state index is 0.176. The fraction of sp³-hybridized carbons (Fsp3) is 0.471. The van der Waals surface area contributed by atoms with Gasteiger partial charge in [-0.3, -0.25) is 14.5 Å². The zero-order valence-electron chi connectivity index (χ0n) is 13.2. The van der Waals surface area contributed by atoms with Crippen molar-refractivity contribution in [3.05, 3.63) is 35.9 Å². The van der Waals surface area contributed by atoms with Gasteiger partial charge in [0.25, 0.3) is 5.91 Å². The van der Waals surface area contributed by atoms with Gasteiger partial charge in [0.2, 0.25) is 5.91 Å². The second-order valence-electron chi connectivity index (χ2n) is 6.31. The number of hydrogen-bond acceptors (Lipinski definition) is 3. The number of hydrogen-bond donors (Lipinski definition) is 2. The Hall–Kier alpha value is -2.37. The first kappa shape index (κ1) is 15.5. The minimum atomic E-state index is -0.761. The predicted octanol–water partition coefficient (Wildman–Crippen LogP) is 1.73. The Bertz CT molecular complexity index is 623. The average molecular weight is 315 g/mol. The van der Waals surface area contributed by atoms with Crippen LogP contribution in [0.1, 0.15) is 44.2 Å². The third kappa shape index (κ3) is 2.93. The number of rotatable bonds is 4. The van der Waals surface area contributed by atoms with Crippen molar-refractivity contribution in [1.82, 2.24) is 15.5 Å². The zero-order chi connectivity index (χ0) is 16.4. The summed E-state index contributed by atoms with van der Waals surface area (Å²) in [6.07, 6.45) is 3.18. The first-order chi connectivity index (χ1) is 11.0. The molecule has 1 aromatic rings. The fourth-order valence-electron chi connectivity index (χ4n) is 3.39. The van der Waals surface area contributed by atoms with Gasteiger partial charge in [-0.1, -0.05) is 43.2 Å². The molecule has 1 aliphatic heterocycles. The molecule has 4 amide bonds. The van der Waals surface area contributed by atoms with E-state index in [0.29, 0.717) is 12.8 Å². The second kappa shape index (κ2) is 6.02. The van der Waals surface area contributed by atoms with Crippen LogP contribution < -0.4 is 10.6 Å². The van der Waals surface area contributed by atoms with Crippen LogP contribution >= 0.6 is 0 Å². The minimum Gasteiger partial charge on any atom is -0.348 e. The summed E-state index contributed by atoms with van der Waals surface area (Å²) in [5.41, 5.74) is 0.216. The van der Waals surface area contributed by atoms with Crippen LogP contribution in [0, 0.1) is 0 Å². The molecule has 1 saturated heterocycles. The van der Waals surface area contributed by atoms with Crippen molar-refractivity contribution in [1.29, 1.82) is 0 Å². The van der Waals surface area contributed by atoms with Gasteiger partial charge in [0.1, 0.15) is 12.1 Å². The van der Waals surface area contributed by atoms with Gasteiger partial charge >= 0.3 is 6.03 Å². The standard InChI is InChI=1S/C17H21N3O3/c1-12(13-7-3-2-4-8-13)18-14(21)11-20-15(22)17(19-16(20)23)9-5-6-10-17/h2-4,7-8,12H,5-6,9-11H2,1H3,(H,18,21)(H,19,23)/t12-/m0/s1. The summed E-state index contributed by atoms with van der Waals surface area (Å²) in [5, 5.41) is 5.61. The number of carbonyl (C=O) groups excluding carboxylic acids is 3. The van der Waals surface area contributed by atoms with E-state index >= 15 is 0 Å². The molecule has 2 N–H and O–H groups in total. The lowest BCUT2D eigenvalue weighted by molar-refractivity contribution is -0.135. The predicted molar refractivity (Wildman–Crippen MR) is 84.4 cm³/mol. The highest BCUT2D eigenvalue weighted by molar-refractivity contribution is 6.09. The molecule has 1 spiro atoms. The molecule has 2 aliphatic rings. The van der Waals surface area contributed by atoms with Crippen LogP contribution in [0.4, 0.5) is 4.79 Å². The van der Waals surface area contributed by atoms with Gasteiger partial charge < -0.3 is 10.6 Å². The average Bonchev–Trinajstić information content (AvgIpc) is 3.09. The van der Waals surface area contributed by atoms with Crippen LogP contribution in [0.25, 0.3) is 0 Å². The van der Waals surface area contributed by atoms with E-state index in [2.05, 4.69) is 10.6 Å². The monoisotopic (exact) mass is 315 g/mol. The normalized spacial score (nSPS) is 20.7. The molecule has 23 heavy (non-hydrogen) atoms. The Balaban J connectivity index is 1.62. The lowest BCUT2D eigenvalue weighted by Gasteiger charge is -2.20. The van der Waals surface area contributed by atoms with E-state index < -0.39 is 11.6 Å². The van der Waals surface area contributed by atoms with Crippen LogP contribution in [-0.4, -0.2) is 34.8 Å². The molecule has 0 radical (unpaired) electrons. The van der Waals surface area contributed by atoms with E-state index in [1.165, 1.54) is 0 Å². The van der Waals surface area contributed by atoms with E-state index in [1.54, 1.807) is 0 Å². The Kier molecular flexibility index (Phi) is 4.07. The molecule has 3 rings (SSSR count). The van der Waals surface area contributed by atoms with E-state index in [9.17, 15) is 14.4 Å². The summed E-state index contributed by atoms with van der Waals surface area (Å²) in [7, 11) is 0. The van der Waals surface area contributed by atoms with Crippen molar-refractivity contribution in [2.45, 2.75) is 44.2 Å². The second-order valence-corrected chi connectivity index (χ2v) is 6.31. The van der Waals surface area contributed by atoms with Crippen LogP contribution in [0.5, 0.6) is 0 Å². The number of urea groups is 1. The molecule has 0 bridgehead atoms. The number of amides is 4. The first-order valence-corrected chi connectivity index (χ1v) is 8.00. The highest BCUT2D eigenvalue weighted by atomic mass is 16.2. The summed E-state index contributed by atoms with van der Waals surface area (Å²) in [6.45, 7) is 1.64. The lowest BCUT2D eigenvalue weighted by atomic mass is 9.98. The maximum absolute atomic E-state index is 12.5. The molecule has 1 aliphatic carbocycles. The Morgan fingerprint density at radius 1 is 1.26 bits per heavy atom. The van der Waals surface area contributed by atoms with Crippen molar-refractivity contribution in [2.75, 3.05) is 6.54 Å². The number of imide groups is 1. The molecule has 122 valence electrons. The largest absolute Gasteiger partial charge is 0.348 e. The van der Waals surface area contributed by atoms with Crippen molar-refractivity contribution in [3.8, 4) is 0 Å². The quantitative estimate of drug-likeness (QED) is 0.831. The summed E-state index contributed by atoms with van der Waals surface area (Å²) in [6, 6.07) is 8.92. The summed E-state index contributed by atoms with van der Waals surface area (Å²) >= 11 is 0. The van der Waals surface area contributed by atoms with Crippen molar-refractivity contribution in [2.24, 2.45) is 0 Å². The van der Waals surface area contributed by atoms with E-state index in [4.69, 9.17) is 0 Å². The van der Waals surface area contributed by atoms with Gasteiger partial charge in [0.15, 0.2) is 0 Å². The Morgan fingerprint density at radius 3 is 2.57 bits per heavy atom. The molecule has 2 fully saturated rings. The van der Waals surface area contributed by atoms with Gasteiger partial charge in [-0.2, -0.15) is 0 Å². The van der Waals surface area contributed by atoms with Gasteiger partial charge in [-0.25, -0.2) is 4.79 Å². The van der Waals surface area contributed by atoms with Crippen molar-refractivity contribution >= 4 is 17.8 Å². The van der Waals surface area contributed by atoms with Crippen LogP contribution in [0.2, 0.25) is 0 Å². The van der Waals surface area contributed by atoms with Crippen LogP contribution in [0.3, 0.4) is 0 Å². The SMILES string of the molecule is C[C@H](NC(=O)CN1C(=O)NC2(CCCC2)C1=O)c1ccccc1. The van der Waals surface area contributed by atoms with Gasteiger partial charge in [-0.15, -0.1) is 0 Å². The molecule has 1 heterocycles. The van der Waals surface area contributed by atoms with E-state index in [1.807, 2.05) is 37.3 Å². The number of benzene rings is 1. The molecule has 0 aromatic heterocycles. The molecular weight excluding hydrogens is 294 g/mol. The van der Waals surface area contributed by atoms with Crippen LogP contribution in [-0.2, 0) is 9.59 Å². The third-order valence-corrected chi connectivity index (χ3v) is 4.68. The topological polar surface area (TPSA) is 78.5 Å². The van der Waals surface area contributed by atoms with Crippen molar-refractivity contribution < 1.29 is 14.4 Å². The summed E-state index contributed by atoms with van der Waals surface area (Å²) < 4.78 is 0. The number of nitrogens with zero attached hydrogens (tertiary/aromatic N) is 1. The molecule has 1 aromatic carbocycles. The molecule has 1 saturated carbocycles. The maximum Gasteiger partial charge on any atom is 0.325 e. The zero-order valence-corrected chi connectivity index (χ0v) is 13.2. The van der Waals surface area contributed by atoms with Crippen molar-refractivity contribution in [3.63, 3.8) is 0 Å². The molecule has 1 atom stereocenters. The molecular formula is C17H21N3O3. The molecule has 0 unspecified atom stereocenters. The van der Waals surface area contributed by atoms with Gasteiger partial charge in [0.05, 0.1) is 6.04 Å². The Morgan fingerprint density at radius 2 is 1.91 bits per heavy atom.